The molecule has 0 bridgehead atoms. The lowest BCUT2D eigenvalue weighted by Gasteiger charge is -2.11. The molecule has 1 atom stereocenters. The summed E-state index contributed by atoms with van der Waals surface area (Å²) >= 11 is 1.28. The summed E-state index contributed by atoms with van der Waals surface area (Å²) in [5.41, 5.74) is 0. The second-order valence-corrected chi connectivity index (χ2v) is 5.15. The topological polar surface area (TPSA) is 66.4 Å². The van der Waals surface area contributed by atoms with E-state index in [2.05, 4.69) is 12.2 Å². The minimum Gasteiger partial charge on any atom is -0.478 e. The molecule has 1 rings (SSSR count). The highest BCUT2D eigenvalue weighted by Crippen LogP contribution is 2.18. The Hall–Kier alpha value is -1.62. The summed E-state index contributed by atoms with van der Waals surface area (Å²) in [5.74, 6) is -1.10. The van der Waals surface area contributed by atoms with Gasteiger partial charge in [-0.3, -0.25) is 4.79 Å². The average Bonchev–Trinajstić information content (AvgIpc) is 2.75. The van der Waals surface area contributed by atoms with Crippen LogP contribution in [0.1, 0.15) is 41.2 Å². The van der Waals surface area contributed by atoms with Gasteiger partial charge in [-0.1, -0.05) is 13.3 Å². The van der Waals surface area contributed by atoms with Gasteiger partial charge in [-0.15, -0.1) is 11.3 Å². The first-order chi connectivity index (χ1) is 8.52. The number of amides is 1. The standard InChI is InChI=1S/C13H17NO3S/c1-3-4-9(2)14-13(17)11-7-5-10(18-11)6-8-12(15)16/h5-9H,3-4H2,1-2H3,(H,14,17)(H,15,16)/b8-6+. The monoisotopic (exact) mass is 267 g/mol. The first-order valence-corrected chi connectivity index (χ1v) is 6.66. The molecule has 2 N–H and O–H groups in total. The van der Waals surface area contributed by atoms with E-state index in [-0.39, 0.29) is 11.9 Å². The molecule has 0 radical (unpaired) electrons. The minimum absolute atomic E-state index is 0.101. The maximum absolute atomic E-state index is 11.8. The van der Waals surface area contributed by atoms with Gasteiger partial charge in [-0.2, -0.15) is 0 Å². The summed E-state index contributed by atoms with van der Waals surface area (Å²) < 4.78 is 0. The lowest BCUT2D eigenvalue weighted by molar-refractivity contribution is -0.131. The van der Waals surface area contributed by atoms with Crippen LogP contribution in [0.3, 0.4) is 0 Å². The lowest BCUT2D eigenvalue weighted by atomic mass is 10.2. The van der Waals surface area contributed by atoms with Crippen LogP contribution in [0.25, 0.3) is 6.08 Å². The molecular formula is C13H17NO3S. The fourth-order valence-corrected chi connectivity index (χ4v) is 2.33. The van der Waals surface area contributed by atoms with Gasteiger partial charge in [-0.25, -0.2) is 4.79 Å². The predicted octanol–water partition coefficient (Wildman–Crippen LogP) is 2.76. The largest absolute Gasteiger partial charge is 0.478 e. The van der Waals surface area contributed by atoms with Crippen LogP contribution in [-0.2, 0) is 4.79 Å². The molecule has 0 saturated heterocycles. The Morgan fingerprint density at radius 3 is 2.83 bits per heavy atom. The number of carbonyl (C=O) groups is 2. The summed E-state index contributed by atoms with van der Waals surface area (Å²) in [7, 11) is 0. The summed E-state index contributed by atoms with van der Waals surface area (Å²) in [5, 5.41) is 11.4. The summed E-state index contributed by atoms with van der Waals surface area (Å²) in [6.45, 7) is 4.04. The van der Waals surface area contributed by atoms with Crippen LogP contribution >= 0.6 is 11.3 Å². The Morgan fingerprint density at radius 2 is 2.22 bits per heavy atom. The maximum atomic E-state index is 11.8. The van der Waals surface area contributed by atoms with Gasteiger partial charge in [0.15, 0.2) is 0 Å². The molecule has 4 nitrogen and oxygen atoms in total. The van der Waals surface area contributed by atoms with Gasteiger partial charge >= 0.3 is 5.97 Å². The third-order valence-corrected chi connectivity index (χ3v) is 3.39. The van der Waals surface area contributed by atoms with Crippen molar-refractivity contribution in [1.29, 1.82) is 0 Å². The van der Waals surface area contributed by atoms with Crippen LogP contribution in [0.2, 0.25) is 0 Å². The highest BCUT2D eigenvalue weighted by atomic mass is 32.1. The van der Waals surface area contributed by atoms with Crippen molar-refractivity contribution in [3.05, 3.63) is 28.0 Å². The van der Waals surface area contributed by atoms with Crippen LogP contribution in [0.15, 0.2) is 18.2 Å². The molecule has 0 fully saturated rings. The number of aliphatic carboxylic acids is 1. The molecule has 18 heavy (non-hydrogen) atoms. The lowest BCUT2D eigenvalue weighted by Crippen LogP contribution is -2.31. The Bertz CT molecular complexity index is 451. The molecule has 1 aromatic heterocycles. The molecule has 0 aliphatic carbocycles. The Balaban J connectivity index is 2.62. The van der Waals surface area contributed by atoms with E-state index in [1.165, 1.54) is 17.4 Å². The second-order valence-electron chi connectivity index (χ2n) is 4.04. The van der Waals surface area contributed by atoms with Crippen molar-refractivity contribution < 1.29 is 14.7 Å². The third kappa shape index (κ3) is 4.71. The van der Waals surface area contributed by atoms with Crippen molar-refractivity contribution in [2.75, 3.05) is 0 Å². The molecular weight excluding hydrogens is 250 g/mol. The number of hydrogen-bond donors (Lipinski definition) is 2. The Labute approximate surface area is 110 Å². The van der Waals surface area contributed by atoms with Gasteiger partial charge in [0, 0.05) is 17.0 Å². The van der Waals surface area contributed by atoms with Crippen molar-refractivity contribution in [2.24, 2.45) is 0 Å². The fraction of sp³-hybridized carbons (Fsp3) is 0.385. The van der Waals surface area contributed by atoms with Crippen molar-refractivity contribution in [1.82, 2.24) is 5.32 Å². The van der Waals surface area contributed by atoms with Gasteiger partial charge in [0.25, 0.3) is 5.91 Å². The maximum Gasteiger partial charge on any atom is 0.328 e. The predicted molar refractivity (Wildman–Crippen MR) is 72.8 cm³/mol. The quantitative estimate of drug-likeness (QED) is 0.779. The second kappa shape index (κ2) is 6.96. The number of carboxylic acid groups (broad SMARTS) is 1. The van der Waals surface area contributed by atoms with Crippen molar-refractivity contribution in [2.45, 2.75) is 32.7 Å². The normalized spacial score (nSPS) is 12.6. The first kappa shape index (κ1) is 14.4. The van der Waals surface area contributed by atoms with E-state index in [1.807, 2.05) is 6.92 Å². The van der Waals surface area contributed by atoms with Gasteiger partial charge in [-0.05, 0) is 31.6 Å². The number of hydrogen-bond acceptors (Lipinski definition) is 3. The SMILES string of the molecule is CCCC(C)NC(=O)c1ccc(/C=C/C(=O)O)s1. The molecule has 1 amide bonds. The molecule has 0 spiro atoms. The van der Waals surface area contributed by atoms with Gasteiger partial charge < -0.3 is 10.4 Å². The Morgan fingerprint density at radius 1 is 1.50 bits per heavy atom. The van der Waals surface area contributed by atoms with E-state index in [9.17, 15) is 9.59 Å². The van der Waals surface area contributed by atoms with Crippen molar-refractivity contribution >= 4 is 29.3 Å². The number of carbonyl (C=O) groups excluding carboxylic acids is 1. The van der Waals surface area contributed by atoms with Crippen LogP contribution in [0, 0.1) is 0 Å². The molecule has 1 aromatic rings. The van der Waals surface area contributed by atoms with Crippen LogP contribution in [0.5, 0.6) is 0 Å². The first-order valence-electron chi connectivity index (χ1n) is 5.84. The average molecular weight is 267 g/mol. The third-order valence-electron chi connectivity index (χ3n) is 2.34. The summed E-state index contributed by atoms with van der Waals surface area (Å²) in [6, 6.07) is 3.60. The highest BCUT2D eigenvalue weighted by Gasteiger charge is 2.11. The van der Waals surface area contributed by atoms with E-state index < -0.39 is 5.97 Å². The van der Waals surface area contributed by atoms with Gasteiger partial charge in [0.1, 0.15) is 0 Å². The molecule has 98 valence electrons. The van der Waals surface area contributed by atoms with E-state index >= 15 is 0 Å². The van der Waals surface area contributed by atoms with Gasteiger partial charge in [0.2, 0.25) is 0 Å². The fourth-order valence-electron chi connectivity index (χ4n) is 1.52. The zero-order valence-electron chi connectivity index (χ0n) is 10.5. The molecule has 0 saturated carbocycles. The minimum atomic E-state index is -0.994. The number of thiophene rings is 1. The zero-order chi connectivity index (χ0) is 13.5. The van der Waals surface area contributed by atoms with Crippen LogP contribution in [-0.4, -0.2) is 23.0 Å². The van der Waals surface area contributed by atoms with Gasteiger partial charge in [0.05, 0.1) is 4.88 Å². The molecule has 0 aromatic carbocycles. The van der Waals surface area contributed by atoms with Crippen molar-refractivity contribution in [3.8, 4) is 0 Å². The molecule has 5 heteroatoms. The van der Waals surface area contributed by atoms with E-state index in [0.717, 1.165) is 23.8 Å². The molecule has 0 aliphatic heterocycles. The highest BCUT2D eigenvalue weighted by molar-refractivity contribution is 7.14. The number of carboxylic acids is 1. The smallest absolute Gasteiger partial charge is 0.328 e. The molecule has 1 unspecified atom stereocenters. The summed E-state index contributed by atoms with van der Waals surface area (Å²) in [6.07, 6.45) is 4.52. The van der Waals surface area contributed by atoms with Crippen LogP contribution in [0.4, 0.5) is 0 Å². The number of rotatable bonds is 6. The van der Waals surface area contributed by atoms with E-state index in [0.29, 0.717) is 4.88 Å². The van der Waals surface area contributed by atoms with E-state index in [1.54, 1.807) is 12.1 Å². The molecule has 1 heterocycles. The summed E-state index contributed by atoms with van der Waals surface area (Å²) in [4.78, 5) is 23.6. The van der Waals surface area contributed by atoms with E-state index in [4.69, 9.17) is 5.11 Å². The zero-order valence-corrected chi connectivity index (χ0v) is 11.3. The van der Waals surface area contributed by atoms with Crippen LogP contribution < -0.4 is 5.32 Å². The number of nitrogens with one attached hydrogen (secondary N) is 1. The molecule has 0 aliphatic rings. The van der Waals surface area contributed by atoms with Crippen molar-refractivity contribution in [3.63, 3.8) is 0 Å². The Kier molecular flexibility index (Phi) is 5.58.